The van der Waals surface area contributed by atoms with E-state index in [1.54, 1.807) is 12.1 Å². The first-order chi connectivity index (χ1) is 8.20. The van der Waals surface area contributed by atoms with Crippen LogP contribution in [0.15, 0.2) is 18.2 Å². The van der Waals surface area contributed by atoms with Crippen molar-refractivity contribution in [1.29, 1.82) is 0 Å². The first-order valence-corrected chi connectivity index (χ1v) is 5.84. The lowest BCUT2D eigenvalue weighted by Crippen LogP contribution is -2.25. The van der Waals surface area contributed by atoms with Crippen LogP contribution >= 0.6 is 0 Å². The molecule has 0 unspecified atom stereocenters. The second-order valence-electron chi connectivity index (χ2n) is 3.82. The quantitative estimate of drug-likeness (QED) is 0.746. The molecule has 0 saturated carbocycles. The summed E-state index contributed by atoms with van der Waals surface area (Å²) in [5.41, 5.74) is 0.200. The second-order valence-corrected chi connectivity index (χ2v) is 3.82. The van der Waals surface area contributed by atoms with Crippen LogP contribution < -0.4 is 10.1 Å². The number of hydrogen-bond acceptors (Lipinski definition) is 3. The molecule has 0 aliphatic heterocycles. The highest BCUT2D eigenvalue weighted by molar-refractivity contribution is 5.99. The Labute approximate surface area is 102 Å². The van der Waals surface area contributed by atoms with Crippen molar-refractivity contribution in [2.24, 2.45) is 0 Å². The van der Waals surface area contributed by atoms with Crippen LogP contribution in [-0.2, 0) is 0 Å². The van der Waals surface area contributed by atoms with E-state index in [1.807, 2.05) is 0 Å². The van der Waals surface area contributed by atoms with Gasteiger partial charge in [-0.2, -0.15) is 0 Å². The van der Waals surface area contributed by atoms with Gasteiger partial charge in [0.15, 0.2) is 0 Å². The predicted octanol–water partition coefficient (Wildman–Crippen LogP) is 2.32. The summed E-state index contributed by atoms with van der Waals surface area (Å²) in [7, 11) is 1.47. The number of carbonyl (C=O) groups excluding carboxylic acids is 1. The minimum Gasteiger partial charge on any atom is -0.507 e. The molecule has 1 aromatic carbocycles. The Morgan fingerprint density at radius 2 is 2.18 bits per heavy atom. The Morgan fingerprint density at radius 1 is 1.41 bits per heavy atom. The number of aromatic hydroxyl groups is 1. The summed E-state index contributed by atoms with van der Waals surface area (Å²) in [4.78, 5) is 11.9. The van der Waals surface area contributed by atoms with Crippen LogP contribution in [0.5, 0.6) is 11.5 Å². The molecule has 1 amide bonds. The number of phenols is 1. The Bertz CT molecular complexity index is 377. The molecule has 0 radical (unpaired) electrons. The van der Waals surface area contributed by atoms with Gasteiger partial charge in [0.25, 0.3) is 5.91 Å². The van der Waals surface area contributed by atoms with Crippen molar-refractivity contribution in [3.8, 4) is 11.5 Å². The highest BCUT2D eigenvalue weighted by atomic mass is 16.5. The number of unbranched alkanes of at least 4 members (excludes halogenated alkanes) is 2. The molecule has 0 aliphatic carbocycles. The molecule has 0 spiro atoms. The number of ether oxygens (including phenoxy) is 1. The number of rotatable bonds is 6. The molecule has 94 valence electrons. The highest BCUT2D eigenvalue weighted by Crippen LogP contribution is 2.26. The lowest BCUT2D eigenvalue weighted by molar-refractivity contribution is 0.0947. The fourth-order valence-electron chi connectivity index (χ4n) is 1.58. The number of nitrogens with one attached hydrogen (secondary N) is 1. The van der Waals surface area contributed by atoms with Gasteiger partial charge in [-0.15, -0.1) is 0 Å². The summed E-state index contributed by atoms with van der Waals surface area (Å²) in [5.74, 6) is 0.0337. The van der Waals surface area contributed by atoms with Crippen molar-refractivity contribution in [2.75, 3.05) is 13.7 Å². The van der Waals surface area contributed by atoms with Gasteiger partial charge in [0, 0.05) is 6.54 Å². The first kappa shape index (κ1) is 13.4. The summed E-state index contributed by atoms with van der Waals surface area (Å²) in [6, 6.07) is 4.77. The largest absolute Gasteiger partial charge is 0.507 e. The van der Waals surface area contributed by atoms with E-state index in [2.05, 4.69) is 12.2 Å². The first-order valence-electron chi connectivity index (χ1n) is 5.84. The lowest BCUT2D eigenvalue weighted by Gasteiger charge is -2.10. The van der Waals surface area contributed by atoms with Gasteiger partial charge in [-0.25, -0.2) is 0 Å². The third-order valence-electron chi connectivity index (χ3n) is 2.52. The van der Waals surface area contributed by atoms with Gasteiger partial charge >= 0.3 is 0 Å². The van der Waals surface area contributed by atoms with Crippen LogP contribution in [0.4, 0.5) is 0 Å². The summed E-state index contributed by atoms with van der Waals surface area (Å²) >= 11 is 0. The Balaban J connectivity index is 2.68. The number of hydrogen-bond donors (Lipinski definition) is 2. The van der Waals surface area contributed by atoms with E-state index >= 15 is 0 Å². The number of methoxy groups -OCH3 is 1. The maximum absolute atomic E-state index is 11.9. The number of phenolic OH excluding ortho intramolecular Hbond substituents is 1. The van der Waals surface area contributed by atoms with E-state index in [0.29, 0.717) is 12.3 Å². The molecule has 17 heavy (non-hydrogen) atoms. The Morgan fingerprint density at radius 3 is 2.82 bits per heavy atom. The third-order valence-corrected chi connectivity index (χ3v) is 2.52. The molecule has 4 heteroatoms. The van der Waals surface area contributed by atoms with E-state index in [1.165, 1.54) is 13.2 Å². The second kappa shape index (κ2) is 6.78. The van der Waals surface area contributed by atoms with Crippen molar-refractivity contribution in [3.63, 3.8) is 0 Å². The Kier molecular flexibility index (Phi) is 5.33. The zero-order valence-electron chi connectivity index (χ0n) is 10.3. The Hall–Kier alpha value is -1.71. The number of carbonyl (C=O) groups is 1. The molecule has 0 aromatic heterocycles. The minimum atomic E-state index is -0.295. The molecule has 0 heterocycles. The minimum absolute atomic E-state index is 0.0580. The molecular formula is C13H19NO3. The standard InChI is InChI=1S/C13H19NO3/c1-3-4-5-9-14-13(16)12-10(15)7-6-8-11(12)17-2/h6-8,15H,3-5,9H2,1-2H3,(H,14,16). The maximum atomic E-state index is 11.9. The van der Waals surface area contributed by atoms with Gasteiger partial charge in [0.05, 0.1) is 7.11 Å². The van der Waals surface area contributed by atoms with Crippen LogP contribution in [0.2, 0.25) is 0 Å². The van der Waals surface area contributed by atoms with Crippen molar-refractivity contribution in [3.05, 3.63) is 23.8 Å². The zero-order chi connectivity index (χ0) is 12.7. The van der Waals surface area contributed by atoms with E-state index < -0.39 is 0 Å². The van der Waals surface area contributed by atoms with Gasteiger partial charge in [0.1, 0.15) is 17.1 Å². The summed E-state index contributed by atoms with van der Waals surface area (Å²) < 4.78 is 5.05. The van der Waals surface area contributed by atoms with Crippen LogP contribution in [0.1, 0.15) is 36.5 Å². The topological polar surface area (TPSA) is 58.6 Å². The lowest BCUT2D eigenvalue weighted by atomic mass is 10.1. The number of benzene rings is 1. The SMILES string of the molecule is CCCCCNC(=O)c1c(O)cccc1OC. The van der Waals surface area contributed by atoms with Gasteiger partial charge in [-0.1, -0.05) is 25.8 Å². The molecule has 2 N–H and O–H groups in total. The van der Waals surface area contributed by atoms with Crippen LogP contribution in [0, 0.1) is 0 Å². The van der Waals surface area contributed by atoms with Crippen LogP contribution in [0.3, 0.4) is 0 Å². The predicted molar refractivity (Wildman–Crippen MR) is 66.5 cm³/mol. The summed E-state index contributed by atoms with van der Waals surface area (Å²) in [6.45, 7) is 2.72. The molecular weight excluding hydrogens is 218 g/mol. The molecule has 4 nitrogen and oxygen atoms in total. The van der Waals surface area contributed by atoms with Crippen molar-refractivity contribution in [1.82, 2.24) is 5.32 Å². The number of amides is 1. The highest BCUT2D eigenvalue weighted by Gasteiger charge is 2.16. The van der Waals surface area contributed by atoms with Gasteiger partial charge in [0.2, 0.25) is 0 Å². The van der Waals surface area contributed by atoms with Crippen molar-refractivity contribution in [2.45, 2.75) is 26.2 Å². The molecule has 0 fully saturated rings. The molecule has 0 aliphatic rings. The van der Waals surface area contributed by atoms with Gasteiger partial charge in [-0.05, 0) is 18.6 Å². The third kappa shape index (κ3) is 3.66. The molecule has 1 aromatic rings. The van der Waals surface area contributed by atoms with E-state index in [-0.39, 0.29) is 17.2 Å². The van der Waals surface area contributed by atoms with E-state index in [0.717, 1.165) is 19.3 Å². The van der Waals surface area contributed by atoms with E-state index in [4.69, 9.17) is 4.74 Å². The van der Waals surface area contributed by atoms with Crippen LogP contribution in [0.25, 0.3) is 0 Å². The molecule has 1 rings (SSSR count). The smallest absolute Gasteiger partial charge is 0.258 e. The maximum Gasteiger partial charge on any atom is 0.258 e. The summed E-state index contributed by atoms with van der Waals surface area (Å²) in [6.07, 6.45) is 3.13. The average molecular weight is 237 g/mol. The van der Waals surface area contributed by atoms with Crippen LogP contribution in [-0.4, -0.2) is 24.7 Å². The van der Waals surface area contributed by atoms with Crippen molar-refractivity contribution < 1.29 is 14.6 Å². The van der Waals surface area contributed by atoms with Gasteiger partial charge < -0.3 is 15.2 Å². The van der Waals surface area contributed by atoms with Crippen molar-refractivity contribution >= 4 is 5.91 Å². The monoisotopic (exact) mass is 237 g/mol. The van der Waals surface area contributed by atoms with Gasteiger partial charge in [-0.3, -0.25) is 4.79 Å². The fourth-order valence-corrected chi connectivity index (χ4v) is 1.58. The fraction of sp³-hybridized carbons (Fsp3) is 0.462. The normalized spacial score (nSPS) is 10.0. The zero-order valence-corrected chi connectivity index (χ0v) is 10.3. The summed E-state index contributed by atoms with van der Waals surface area (Å²) in [5, 5.41) is 12.4. The molecule has 0 saturated heterocycles. The molecule has 0 atom stereocenters. The average Bonchev–Trinajstić information content (AvgIpc) is 2.34. The molecule has 0 bridgehead atoms. The van der Waals surface area contributed by atoms with E-state index in [9.17, 15) is 9.90 Å².